The zero-order chi connectivity index (χ0) is 19.9. The molecule has 0 spiro atoms. The van der Waals surface area contributed by atoms with E-state index in [4.69, 9.17) is 9.47 Å². The molecule has 0 aliphatic carbocycles. The number of rotatable bonds is 7. The standard InChI is InChI=1S/C21H23FN2O4/c1-27-12-11-23-20(25)19-13-18(28-17-5-3-2-4-6-17)14-24(19)21(26)15-7-9-16(22)10-8-15/h2-10,18-19H,11-14H2,1H3,(H,23,25)/t18-,19+/m0/s1. The molecule has 0 unspecified atom stereocenters. The summed E-state index contributed by atoms with van der Waals surface area (Å²) in [5.74, 6) is -0.322. The van der Waals surface area contributed by atoms with Crippen molar-refractivity contribution in [3.8, 4) is 5.75 Å². The summed E-state index contributed by atoms with van der Waals surface area (Å²) in [5, 5.41) is 2.78. The van der Waals surface area contributed by atoms with Crippen LogP contribution in [-0.2, 0) is 9.53 Å². The maximum absolute atomic E-state index is 13.2. The number of methoxy groups -OCH3 is 1. The van der Waals surface area contributed by atoms with Gasteiger partial charge < -0.3 is 19.7 Å². The number of ether oxygens (including phenoxy) is 2. The first-order chi connectivity index (χ1) is 13.6. The highest BCUT2D eigenvalue weighted by molar-refractivity contribution is 5.98. The van der Waals surface area contributed by atoms with Gasteiger partial charge in [0.1, 0.15) is 23.7 Å². The van der Waals surface area contributed by atoms with Gasteiger partial charge in [0.2, 0.25) is 5.91 Å². The van der Waals surface area contributed by atoms with Gasteiger partial charge in [-0.2, -0.15) is 0 Å². The fraction of sp³-hybridized carbons (Fsp3) is 0.333. The average Bonchev–Trinajstić information content (AvgIpc) is 3.13. The Kier molecular flexibility index (Phi) is 6.60. The van der Waals surface area contributed by atoms with Crippen LogP contribution >= 0.6 is 0 Å². The molecule has 148 valence electrons. The number of hydrogen-bond donors (Lipinski definition) is 1. The van der Waals surface area contributed by atoms with Crippen LogP contribution in [0.5, 0.6) is 5.75 Å². The minimum Gasteiger partial charge on any atom is -0.488 e. The van der Waals surface area contributed by atoms with Crippen molar-refractivity contribution in [1.29, 1.82) is 0 Å². The van der Waals surface area contributed by atoms with Crippen molar-refractivity contribution in [3.63, 3.8) is 0 Å². The SMILES string of the molecule is COCCNC(=O)[C@H]1C[C@H](Oc2ccccc2)CN1C(=O)c1ccc(F)cc1. The number of hydrogen-bond acceptors (Lipinski definition) is 4. The molecule has 0 aromatic heterocycles. The molecule has 2 amide bonds. The summed E-state index contributed by atoms with van der Waals surface area (Å²) in [7, 11) is 1.55. The highest BCUT2D eigenvalue weighted by atomic mass is 19.1. The van der Waals surface area contributed by atoms with E-state index in [1.807, 2.05) is 30.3 Å². The molecule has 1 aliphatic rings. The number of halogens is 1. The minimum absolute atomic E-state index is 0.258. The summed E-state index contributed by atoms with van der Waals surface area (Å²) in [6.45, 7) is 1.01. The second-order valence-electron chi connectivity index (χ2n) is 6.55. The maximum Gasteiger partial charge on any atom is 0.254 e. The molecule has 0 saturated carbocycles. The number of carbonyl (C=O) groups is 2. The number of nitrogens with one attached hydrogen (secondary N) is 1. The number of amides is 2. The van der Waals surface area contributed by atoms with E-state index in [1.54, 1.807) is 7.11 Å². The largest absolute Gasteiger partial charge is 0.488 e. The van der Waals surface area contributed by atoms with Gasteiger partial charge in [-0.05, 0) is 36.4 Å². The van der Waals surface area contributed by atoms with Gasteiger partial charge in [0, 0.05) is 25.6 Å². The van der Waals surface area contributed by atoms with Crippen LogP contribution in [0.3, 0.4) is 0 Å². The zero-order valence-electron chi connectivity index (χ0n) is 15.6. The second-order valence-corrected chi connectivity index (χ2v) is 6.55. The van der Waals surface area contributed by atoms with Gasteiger partial charge in [-0.25, -0.2) is 4.39 Å². The van der Waals surface area contributed by atoms with Crippen LogP contribution in [0.1, 0.15) is 16.8 Å². The average molecular weight is 386 g/mol. The van der Waals surface area contributed by atoms with Crippen molar-refractivity contribution >= 4 is 11.8 Å². The van der Waals surface area contributed by atoms with Crippen LogP contribution in [-0.4, -0.2) is 55.7 Å². The molecule has 2 aromatic rings. The third-order valence-electron chi connectivity index (χ3n) is 4.57. The van der Waals surface area contributed by atoms with Crippen molar-refractivity contribution in [2.24, 2.45) is 0 Å². The Morgan fingerprint density at radius 3 is 2.54 bits per heavy atom. The Balaban J connectivity index is 1.75. The Hall–Kier alpha value is -2.93. The number of nitrogens with zero attached hydrogens (tertiary/aromatic N) is 1. The molecule has 2 aromatic carbocycles. The maximum atomic E-state index is 13.2. The van der Waals surface area contributed by atoms with Crippen molar-refractivity contribution in [1.82, 2.24) is 10.2 Å². The molecular formula is C21H23FN2O4. The van der Waals surface area contributed by atoms with Crippen molar-refractivity contribution in [2.75, 3.05) is 26.8 Å². The van der Waals surface area contributed by atoms with Crippen LogP contribution in [0.2, 0.25) is 0 Å². The highest BCUT2D eigenvalue weighted by Gasteiger charge is 2.41. The zero-order valence-corrected chi connectivity index (χ0v) is 15.6. The second kappa shape index (κ2) is 9.32. The van der Waals surface area contributed by atoms with Gasteiger partial charge in [-0.3, -0.25) is 9.59 Å². The van der Waals surface area contributed by atoms with Gasteiger partial charge >= 0.3 is 0 Å². The van der Waals surface area contributed by atoms with Crippen LogP contribution in [0.15, 0.2) is 54.6 Å². The molecule has 1 saturated heterocycles. The Bertz CT molecular complexity index is 798. The highest BCUT2D eigenvalue weighted by Crippen LogP contribution is 2.25. The molecule has 1 aliphatic heterocycles. The van der Waals surface area contributed by atoms with Gasteiger partial charge in [0.05, 0.1) is 13.2 Å². The fourth-order valence-corrected chi connectivity index (χ4v) is 3.20. The molecule has 1 N–H and O–H groups in total. The van der Waals surface area contributed by atoms with E-state index in [0.717, 1.165) is 0 Å². The summed E-state index contributed by atoms with van der Waals surface area (Å²) in [6.07, 6.45) is 0.0608. The lowest BCUT2D eigenvalue weighted by atomic mass is 10.1. The fourth-order valence-electron chi connectivity index (χ4n) is 3.20. The number of para-hydroxylation sites is 1. The molecule has 7 heteroatoms. The van der Waals surface area contributed by atoms with Crippen LogP contribution in [0, 0.1) is 5.82 Å². The number of carbonyl (C=O) groups excluding carboxylic acids is 2. The number of benzene rings is 2. The van der Waals surface area contributed by atoms with E-state index >= 15 is 0 Å². The van der Waals surface area contributed by atoms with Gasteiger partial charge in [-0.1, -0.05) is 18.2 Å². The topological polar surface area (TPSA) is 67.9 Å². The molecule has 1 fully saturated rings. The third-order valence-corrected chi connectivity index (χ3v) is 4.57. The van der Waals surface area contributed by atoms with E-state index in [1.165, 1.54) is 29.2 Å². The van der Waals surface area contributed by atoms with Gasteiger partial charge in [-0.15, -0.1) is 0 Å². The monoisotopic (exact) mass is 386 g/mol. The molecular weight excluding hydrogens is 363 g/mol. The van der Waals surface area contributed by atoms with Crippen molar-refractivity contribution < 1.29 is 23.5 Å². The molecule has 0 bridgehead atoms. The van der Waals surface area contributed by atoms with Gasteiger partial charge in [0.25, 0.3) is 5.91 Å². The Morgan fingerprint density at radius 1 is 1.14 bits per heavy atom. The van der Waals surface area contributed by atoms with Crippen molar-refractivity contribution in [3.05, 3.63) is 66.0 Å². The van der Waals surface area contributed by atoms with Crippen LogP contribution in [0.25, 0.3) is 0 Å². The summed E-state index contributed by atoms with van der Waals surface area (Å²) in [4.78, 5) is 27.1. The first kappa shape index (κ1) is 19.8. The summed E-state index contributed by atoms with van der Waals surface area (Å²) < 4.78 is 24.1. The van der Waals surface area contributed by atoms with E-state index in [0.29, 0.717) is 30.9 Å². The molecule has 6 nitrogen and oxygen atoms in total. The van der Waals surface area contributed by atoms with Gasteiger partial charge in [0.15, 0.2) is 0 Å². The van der Waals surface area contributed by atoms with E-state index < -0.39 is 11.9 Å². The smallest absolute Gasteiger partial charge is 0.254 e. The molecule has 2 atom stereocenters. The Morgan fingerprint density at radius 2 is 1.86 bits per heavy atom. The predicted octanol–water partition coefficient (Wildman–Crippen LogP) is 2.25. The summed E-state index contributed by atoms with van der Waals surface area (Å²) in [6, 6.07) is 13.9. The third kappa shape index (κ3) is 4.86. The van der Waals surface area contributed by atoms with E-state index in [-0.39, 0.29) is 24.5 Å². The quantitative estimate of drug-likeness (QED) is 0.741. The van der Waals surface area contributed by atoms with Crippen LogP contribution in [0.4, 0.5) is 4.39 Å². The Labute approximate surface area is 163 Å². The summed E-state index contributed by atoms with van der Waals surface area (Å²) >= 11 is 0. The normalized spacial score (nSPS) is 18.7. The molecule has 1 heterocycles. The molecule has 3 rings (SSSR count). The first-order valence-electron chi connectivity index (χ1n) is 9.13. The lowest BCUT2D eigenvalue weighted by Gasteiger charge is -2.23. The minimum atomic E-state index is -0.664. The van der Waals surface area contributed by atoms with Crippen molar-refractivity contribution in [2.45, 2.75) is 18.6 Å². The first-order valence-corrected chi connectivity index (χ1v) is 9.13. The lowest BCUT2D eigenvalue weighted by molar-refractivity contribution is -0.125. The van der Waals surface area contributed by atoms with Crippen LogP contribution < -0.4 is 10.1 Å². The van der Waals surface area contributed by atoms with E-state index in [9.17, 15) is 14.0 Å². The predicted molar refractivity (Wildman–Crippen MR) is 102 cm³/mol. The molecule has 0 radical (unpaired) electrons. The number of likely N-dealkylation sites (tertiary alicyclic amines) is 1. The van der Waals surface area contributed by atoms with E-state index in [2.05, 4.69) is 5.32 Å². The lowest BCUT2D eigenvalue weighted by Crippen LogP contribution is -2.46. The molecule has 28 heavy (non-hydrogen) atoms. The summed E-state index contributed by atoms with van der Waals surface area (Å²) in [5.41, 5.74) is 0.330.